The molecule has 4 rings (SSSR count). The van der Waals surface area contributed by atoms with Gasteiger partial charge in [0.1, 0.15) is 5.01 Å². The molecule has 6 heteroatoms. The Kier molecular flexibility index (Phi) is 2.64. The van der Waals surface area contributed by atoms with E-state index in [1.165, 1.54) is 36.0 Å². The van der Waals surface area contributed by atoms with E-state index < -0.39 is 5.97 Å². The maximum Gasteiger partial charge on any atom is 0.355 e. The van der Waals surface area contributed by atoms with Crippen LogP contribution in [0.2, 0.25) is 0 Å². The van der Waals surface area contributed by atoms with E-state index in [-0.39, 0.29) is 17.5 Å². The summed E-state index contributed by atoms with van der Waals surface area (Å²) in [6, 6.07) is 0. The molecule has 2 N–H and O–H groups in total. The van der Waals surface area contributed by atoms with Gasteiger partial charge in [-0.2, -0.15) is 0 Å². The van der Waals surface area contributed by atoms with Crippen molar-refractivity contribution in [1.29, 1.82) is 0 Å². The van der Waals surface area contributed by atoms with Crippen molar-refractivity contribution in [2.45, 2.75) is 25.8 Å². The van der Waals surface area contributed by atoms with Crippen molar-refractivity contribution in [2.24, 2.45) is 29.6 Å². The van der Waals surface area contributed by atoms with Gasteiger partial charge in [-0.25, -0.2) is 9.78 Å². The molecule has 0 saturated heterocycles. The van der Waals surface area contributed by atoms with E-state index in [1.807, 2.05) is 0 Å². The first kappa shape index (κ1) is 12.3. The fourth-order valence-corrected chi connectivity index (χ4v) is 5.15. The molecule has 4 atom stereocenters. The van der Waals surface area contributed by atoms with Crippen LogP contribution >= 0.6 is 11.3 Å². The summed E-state index contributed by atoms with van der Waals surface area (Å²) in [5, 5.41) is 13.9. The van der Waals surface area contributed by atoms with E-state index in [0.29, 0.717) is 23.4 Å². The van der Waals surface area contributed by atoms with E-state index >= 15 is 0 Å². The van der Waals surface area contributed by atoms with Crippen molar-refractivity contribution in [2.75, 3.05) is 0 Å². The molecular formula is C14H16N2O3S. The van der Waals surface area contributed by atoms with E-state index in [0.717, 1.165) is 11.8 Å². The van der Waals surface area contributed by atoms with Crippen molar-refractivity contribution in [3.05, 3.63) is 16.1 Å². The van der Waals surface area contributed by atoms with Gasteiger partial charge in [0.25, 0.3) is 0 Å². The molecule has 0 radical (unpaired) electrons. The molecule has 3 aliphatic carbocycles. The molecule has 3 aliphatic rings. The van der Waals surface area contributed by atoms with Crippen LogP contribution < -0.4 is 5.32 Å². The molecule has 0 aromatic carbocycles. The summed E-state index contributed by atoms with van der Waals surface area (Å²) in [4.78, 5) is 26.9. The molecule has 20 heavy (non-hydrogen) atoms. The van der Waals surface area contributed by atoms with Gasteiger partial charge in [-0.05, 0) is 42.9 Å². The van der Waals surface area contributed by atoms with Crippen LogP contribution in [0, 0.1) is 29.6 Å². The Balaban J connectivity index is 1.34. The number of hydrogen-bond donors (Lipinski definition) is 2. The normalized spacial score (nSPS) is 36.7. The lowest BCUT2D eigenvalue weighted by molar-refractivity contribution is -0.123. The summed E-state index contributed by atoms with van der Waals surface area (Å²) in [6.07, 6.45) is 3.96. The molecule has 5 nitrogen and oxygen atoms in total. The van der Waals surface area contributed by atoms with Crippen LogP contribution in [0.15, 0.2) is 5.38 Å². The quantitative estimate of drug-likeness (QED) is 0.886. The number of carboxylic acid groups (broad SMARTS) is 1. The number of fused-ring (bicyclic) bond motifs is 5. The van der Waals surface area contributed by atoms with Gasteiger partial charge in [0.15, 0.2) is 5.69 Å². The Morgan fingerprint density at radius 3 is 2.65 bits per heavy atom. The number of hydrogen-bond acceptors (Lipinski definition) is 4. The molecule has 106 valence electrons. The third-order valence-electron chi connectivity index (χ3n) is 5.22. The van der Waals surface area contributed by atoms with Crippen molar-refractivity contribution in [3.63, 3.8) is 0 Å². The number of amides is 1. The number of rotatable bonds is 4. The van der Waals surface area contributed by atoms with Crippen LogP contribution in [0.1, 0.15) is 34.8 Å². The van der Waals surface area contributed by atoms with Gasteiger partial charge in [-0.1, -0.05) is 0 Å². The summed E-state index contributed by atoms with van der Waals surface area (Å²) >= 11 is 1.28. The highest BCUT2D eigenvalue weighted by atomic mass is 32.1. The molecule has 1 aromatic heterocycles. The minimum Gasteiger partial charge on any atom is -0.476 e. The van der Waals surface area contributed by atoms with Gasteiger partial charge < -0.3 is 10.4 Å². The van der Waals surface area contributed by atoms with Crippen molar-refractivity contribution < 1.29 is 14.7 Å². The molecule has 1 heterocycles. The van der Waals surface area contributed by atoms with Crippen molar-refractivity contribution in [3.8, 4) is 0 Å². The Bertz CT molecular complexity index is 569. The van der Waals surface area contributed by atoms with Crippen LogP contribution in [0.25, 0.3) is 0 Å². The largest absolute Gasteiger partial charge is 0.476 e. The maximum absolute atomic E-state index is 12.2. The van der Waals surface area contributed by atoms with Gasteiger partial charge in [-0.15, -0.1) is 11.3 Å². The Labute approximate surface area is 120 Å². The highest BCUT2D eigenvalue weighted by molar-refractivity contribution is 7.09. The Morgan fingerprint density at radius 1 is 1.35 bits per heavy atom. The van der Waals surface area contributed by atoms with Crippen LogP contribution in [0.4, 0.5) is 0 Å². The van der Waals surface area contributed by atoms with Gasteiger partial charge in [-0.3, -0.25) is 4.79 Å². The summed E-state index contributed by atoms with van der Waals surface area (Å²) in [7, 11) is 0. The minimum atomic E-state index is -1.02. The molecular weight excluding hydrogens is 276 g/mol. The Hall–Kier alpha value is -1.43. The first-order chi connectivity index (χ1) is 9.65. The zero-order valence-electron chi connectivity index (χ0n) is 10.9. The first-order valence-corrected chi connectivity index (χ1v) is 7.98. The molecule has 0 spiro atoms. The Morgan fingerprint density at radius 2 is 2.05 bits per heavy atom. The van der Waals surface area contributed by atoms with E-state index in [9.17, 15) is 9.59 Å². The van der Waals surface area contributed by atoms with Gasteiger partial charge in [0.05, 0.1) is 6.54 Å². The van der Waals surface area contributed by atoms with Crippen LogP contribution in [0.5, 0.6) is 0 Å². The van der Waals surface area contributed by atoms with Crippen LogP contribution in [0.3, 0.4) is 0 Å². The fourth-order valence-electron chi connectivity index (χ4n) is 4.45. The van der Waals surface area contributed by atoms with Gasteiger partial charge in [0.2, 0.25) is 5.91 Å². The van der Waals surface area contributed by atoms with Crippen molar-refractivity contribution >= 4 is 23.2 Å². The number of thiazole rings is 1. The fraction of sp³-hybridized carbons (Fsp3) is 0.643. The minimum absolute atomic E-state index is 0.0561. The molecule has 2 bridgehead atoms. The van der Waals surface area contributed by atoms with Gasteiger partial charge >= 0.3 is 5.97 Å². The number of nitrogens with zero attached hydrogens (tertiary/aromatic N) is 1. The molecule has 3 saturated carbocycles. The van der Waals surface area contributed by atoms with Crippen molar-refractivity contribution in [1.82, 2.24) is 10.3 Å². The SMILES string of the molecule is O=C(O)c1csc(CNC(=O)C2C3C4CCC(C4)C23)n1. The number of aromatic carboxylic acids is 1. The molecule has 4 unspecified atom stereocenters. The number of nitrogens with one attached hydrogen (secondary N) is 1. The standard InChI is InChI=1S/C14H16N2O3S/c17-13(12-10-6-1-2-7(3-6)11(10)12)15-4-9-16-8(5-20-9)14(18)19/h5-7,10-12H,1-4H2,(H,15,17)(H,18,19). The highest BCUT2D eigenvalue weighted by Gasteiger charge is 2.67. The lowest BCUT2D eigenvalue weighted by Gasteiger charge is -2.08. The molecule has 0 aliphatic heterocycles. The zero-order valence-corrected chi connectivity index (χ0v) is 11.7. The number of carbonyl (C=O) groups is 2. The maximum atomic E-state index is 12.2. The topological polar surface area (TPSA) is 79.3 Å². The smallest absolute Gasteiger partial charge is 0.355 e. The summed E-state index contributed by atoms with van der Waals surface area (Å²) in [5.41, 5.74) is 0.0561. The molecule has 3 fully saturated rings. The van der Waals surface area contributed by atoms with Gasteiger partial charge in [0, 0.05) is 11.3 Å². The van der Waals surface area contributed by atoms with E-state index in [4.69, 9.17) is 5.11 Å². The monoisotopic (exact) mass is 292 g/mol. The first-order valence-electron chi connectivity index (χ1n) is 7.10. The lowest BCUT2D eigenvalue weighted by Crippen LogP contribution is -2.27. The molecule has 1 aromatic rings. The second-order valence-electron chi connectivity index (χ2n) is 6.16. The van der Waals surface area contributed by atoms with E-state index in [1.54, 1.807) is 0 Å². The number of aromatic nitrogens is 1. The average molecular weight is 292 g/mol. The molecule has 1 amide bonds. The lowest BCUT2D eigenvalue weighted by atomic mass is 10.0. The summed E-state index contributed by atoms with van der Waals surface area (Å²) in [5.74, 6) is 2.20. The third kappa shape index (κ3) is 1.78. The number of carbonyl (C=O) groups excluding carboxylic acids is 1. The highest BCUT2D eigenvalue weighted by Crippen LogP contribution is 2.69. The van der Waals surface area contributed by atoms with Crippen LogP contribution in [-0.4, -0.2) is 22.0 Å². The van der Waals surface area contributed by atoms with E-state index in [2.05, 4.69) is 10.3 Å². The summed E-state index contributed by atoms with van der Waals surface area (Å²) in [6.45, 7) is 0.349. The second kappa shape index (κ2) is 4.28. The summed E-state index contributed by atoms with van der Waals surface area (Å²) < 4.78 is 0. The third-order valence-corrected chi connectivity index (χ3v) is 6.07. The zero-order chi connectivity index (χ0) is 13.9. The predicted molar refractivity (Wildman–Crippen MR) is 72.2 cm³/mol. The average Bonchev–Trinajstić information content (AvgIpc) is 2.84. The predicted octanol–water partition coefficient (Wildman–Crippen LogP) is 1.75. The van der Waals surface area contributed by atoms with Crippen LogP contribution in [-0.2, 0) is 11.3 Å². The second-order valence-corrected chi connectivity index (χ2v) is 7.11. The number of carboxylic acids is 1.